The van der Waals surface area contributed by atoms with Crippen LogP contribution in [0.4, 0.5) is 5.69 Å². The van der Waals surface area contributed by atoms with Crippen molar-refractivity contribution in [2.45, 2.75) is 13.0 Å². The largest absolute Gasteiger partial charge is 0.496 e. The van der Waals surface area contributed by atoms with Gasteiger partial charge in [-0.2, -0.15) is 0 Å². The first kappa shape index (κ1) is 15.1. The van der Waals surface area contributed by atoms with E-state index in [-0.39, 0.29) is 6.54 Å². The van der Waals surface area contributed by atoms with Crippen LogP contribution in [-0.4, -0.2) is 44.9 Å². The number of hydrogen-bond acceptors (Lipinski definition) is 5. The van der Waals surface area contributed by atoms with Gasteiger partial charge < -0.3 is 25.2 Å². The number of aryl methyl sites for hydroxylation is 1. The standard InChI is InChI=1S/C13H20N2O4/c1-8-5-12(19-4)9(6-11(8)18-3)15-7-10(14-2)13(16)17/h5-6,10,14-15H,7H2,1-4H3,(H,16,17). The number of anilines is 1. The molecule has 0 fully saturated rings. The molecule has 0 heterocycles. The van der Waals surface area contributed by atoms with Crippen LogP contribution < -0.4 is 20.1 Å². The maximum Gasteiger partial charge on any atom is 0.322 e. The lowest BCUT2D eigenvalue weighted by atomic mass is 10.1. The van der Waals surface area contributed by atoms with Crippen molar-refractivity contribution in [3.63, 3.8) is 0 Å². The highest BCUT2D eigenvalue weighted by molar-refractivity contribution is 5.74. The average Bonchev–Trinajstić information content (AvgIpc) is 2.39. The van der Waals surface area contributed by atoms with Crippen molar-refractivity contribution in [1.82, 2.24) is 5.32 Å². The number of methoxy groups -OCH3 is 2. The Morgan fingerprint density at radius 2 is 1.95 bits per heavy atom. The van der Waals surface area contributed by atoms with Crippen molar-refractivity contribution < 1.29 is 19.4 Å². The number of benzene rings is 1. The van der Waals surface area contributed by atoms with Crippen molar-refractivity contribution in [3.05, 3.63) is 17.7 Å². The summed E-state index contributed by atoms with van der Waals surface area (Å²) in [7, 11) is 4.76. The molecule has 6 heteroatoms. The quantitative estimate of drug-likeness (QED) is 0.687. The zero-order valence-electron chi connectivity index (χ0n) is 11.6. The molecule has 0 radical (unpaired) electrons. The molecule has 0 amide bonds. The van der Waals surface area contributed by atoms with E-state index in [1.165, 1.54) is 0 Å². The third kappa shape index (κ3) is 3.75. The van der Waals surface area contributed by atoms with Gasteiger partial charge in [0.1, 0.15) is 17.5 Å². The number of rotatable bonds is 7. The Balaban J connectivity index is 2.90. The monoisotopic (exact) mass is 268 g/mol. The van der Waals surface area contributed by atoms with Gasteiger partial charge in [-0.15, -0.1) is 0 Å². The summed E-state index contributed by atoms with van der Waals surface area (Å²) in [6.45, 7) is 2.16. The molecule has 0 spiro atoms. The summed E-state index contributed by atoms with van der Waals surface area (Å²) in [6, 6.07) is 2.97. The van der Waals surface area contributed by atoms with Crippen LogP contribution in [0.25, 0.3) is 0 Å². The second-order valence-electron chi connectivity index (χ2n) is 4.08. The molecule has 19 heavy (non-hydrogen) atoms. The molecule has 6 nitrogen and oxygen atoms in total. The van der Waals surface area contributed by atoms with Crippen LogP contribution in [0.3, 0.4) is 0 Å². The molecule has 1 atom stereocenters. The maximum atomic E-state index is 10.9. The van der Waals surface area contributed by atoms with Crippen LogP contribution in [0, 0.1) is 6.92 Å². The molecule has 3 N–H and O–H groups in total. The number of aliphatic carboxylic acids is 1. The molecule has 1 aromatic rings. The van der Waals surface area contributed by atoms with E-state index in [1.807, 2.05) is 13.0 Å². The second-order valence-corrected chi connectivity index (χ2v) is 4.08. The van der Waals surface area contributed by atoms with E-state index in [1.54, 1.807) is 27.3 Å². The highest BCUT2D eigenvalue weighted by Crippen LogP contribution is 2.32. The summed E-state index contributed by atoms with van der Waals surface area (Å²) in [5.74, 6) is 0.464. The van der Waals surface area contributed by atoms with Crippen LogP contribution >= 0.6 is 0 Å². The van der Waals surface area contributed by atoms with E-state index < -0.39 is 12.0 Å². The lowest BCUT2D eigenvalue weighted by Gasteiger charge is -2.17. The molecule has 0 bridgehead atoms. The Hall–Kier alpha value is -1.95. The van der Waals surface area contributed by atoms with Crippen molar-refractivity contribution in [2.24, 2.45) is 0 Å². The summed E-state index contributed by atoms with van der Waals surface area (Å²) < 4.78 is 10.5. The minimum absolute atomic E-state index is 0.244. The molecule has 0 saturated carbocycles. The normalized spacial score (nSPS) is 11.8. The van der Waals surface area contributed by atoms with E-state index in [2.05, 4.69) is 10.6 Å². The highest BCUT2D eigenvalue weighted by Gasteiger charge is 2.16. The topological polar surface area (TPSA) is 79.8 Å². The van der Waals surface area contributed by atoms with E-state index >= 15 is 0 Å². The van der Waals surface area contributed by atoms with Gasteiger partial charge >= 0.3 is 5.97 Å². The van der Waals surface area contributed by atoms with Gasteiger partial charge in [0, 0.05) is 12.6 Å². The molecule has 1 aromatic carbocycles. The van der Waals surface area contributed by atoms with Gasteiger partial charge in [0.25, 0.3) is 0 Å². The van der Waals surface area contributed by atoms with E-state index in [4.69, 9.17) is 14.6 Å². The lowest BCUT2D eigenvalue weighted by molar-refractivity contribution is -0.138. The molecule has 0 aliphatic rings. The molecule has 1 unspecified atom stereocenters. The van der Waals surface area contributed by atoms with Crippen molar-refractivity contribution in [1.29, 1.82) is 0 Å². The van der Waals surface area contributed by atoms with Gasteiger partial charge in [-0.3, -0.25) is 4.79 Å². The maximum absolute atomic E-state index is 10.9. The Bertz CT molecular complexity index is 449. The fourth-order valence-corrected chi connectivity index (χ4v) is 1.71. The SMILES string of the molecule is CNC(CNc1cc(OC)c(C)cc1OC)C(=O)O. The average molecular weight is 268 g/mol. The van der Waals surface area contributed by atoms with E-state index in [0.29, 0.717) is 11.4 Å². The third-order valence-corrected chi connectivity index (χ3v) is 2.86. The molecule has 0 saturated heterocycles. The zero-order valence-corrected chi connectivity index (χ0v) is 11.6. The number of likely N-dealkylation sites (N-methyl/N-ethyl adjacent to an activating group) is 1. The van der Waals surface area contributed by atoms with E-state index in [0.717, 1.165) is 11.3 Å². The number of carbonyl (C=O) groups is 1. The Labute approximate surface area is 112 Å². The van der Waals surface area contributed by atoms with Gasteiger partial charge in [0.05, 0.1) is 19.9 Å². The molecule has 0 aromatic heterocycles. The minimum Gasteiger partial charge on any atom is -0.496 e. The molecular weight excluding hydrogens is 248 g/mol. The van der Waals surface area contributed by atoms with Gasteiger partial charge in [-0.05, 0) is 25.6 Å². The van der Waals surface area contributed by atoms with Crippen molar-refractivity contribution in [3.8, 4) is 11.5 Å². The van der Waals surface area contributed by atoms with Gasteiger partial charge in [-0.1, -0.05) is 0 Å². The Morgan fingerprint density at radius 3 is 2.42 bits per heavy atom. The first-order valence-electron chi connectivity index (χ1n) is 5.90. The summed E-state index contributed by atoms with van der Waals surface area (Å²) in [6.07, 6.45) is 0. The summed E-state index contributed by atoms with van der Waals surface area (Å²) in [4.78, 5) is 10.9. The number of nitrogens with one attached hydrogen (secondary N) is 2. The van der Waals surface area contributed by atoms with Crippen molar-refractivity contribution in [2.75, 3.05) is 33.1 Å². The molecule has 0 aliphatic heterocycles. The third-order valence-electron chi connectivity index (χ3n) is 2.86. The second kappa shape index (κ2) is 6.84. The number of hydrogen-bond donors (Lipinski definition) is 3. The fraction of sp³-hybridized carbons (Fsp3) is 0.462. The molecule has 106 valence electrons. The van der Waals surface area contributed by atoms with Crippen molar-refractivity contribution >= 4 is 11.7 Å². The predicted molar refractivity (Wildman–Crippen MR) is 73.3 cm³/mol. The lowest BCUT2D eigenvalue weighted by Crippen LogP contribution is -2.39. The zero-order chi connectivity index (χ0) is 14.4. The first-order chi connectivity index (χ1) is 9.03. The van der Waals surface area contributed by atoms with Gasteiger partial charge in [0.2, 0.25) is 0 Å². The number of carboxylic acids is 1. The van der Waals surface area contributed by atoms with Crippen LogP contribution in [0.1, 0.15) is 5.56 Å². The molecular formula is C13H20N2O4. The van der Waals surface area contributed by atoms with Gasteiger partial charge in [0.15, 0.2) is 0 Å². The predicted octanol–water partition coefficient (Wildman–Crippen LogP) is 1.10. The van der Waals surface area contributed by atoms with E-state index in [9.17, 15) is 4.79 Å². The van der Waals surface area contributed by atoms with Crippen LogP contribution in [0.2, 0.25) is 0 Å². The number of ether oxygens (including phenoxy) is 2. The Kier molecular flexibility index (Phi) is 5.44. The van der Waals surface area contributed by atoms with Crippen LogP contribution in [0.15, 0.2) is 12.1 Å². The highest BCUT2D eigenvalue weighted by atomic mass is 16.5. The van der Waals surface area contributed by atoms with Gasteiger partial charge in [-0.25, -0.2) is 0 Å². The molecule has 0 aliphatic carbocycles. The summed E-state index contributed by atoms with van der Waals surface area (Å²) >= 11 is 0. The number of carboxylic acid groups (broad SMARTS) is 1. The smallest absolute Gasteiger partial charge is 0.322 e. The van der Waals surface area contributed by atoms with Crippen LogP contribution in [0.5, 0.6) is 11.5 Å². The summed E-state index contributed by atoms with van der Waals surface area (Å²) in [5, 5.41) is 14.7. The van der Waals surface area contributed by atoms with Crippen LogP contribution in [-0.2, 0) is 4.79 Å². The summed E-state index contributed by atoms with van der Waals surface area (Å²) in [5.41, 5.74) is 1.65. The minimum atomic E-state index is -0.909. The fourth-order valence-electron chi connectivity index (χ4n) is 1.71. The first-order valence-corrected chi connectivity index (χ1v) is 5.90. The molecule has 1 rings (SSSR count). The Morgan fingerprint density at radius 1 is 1.32 bits per heavy atom.